The van der Waals surface area contributed by atoms with Gasteiger partial charge >= 0.3 is 0 Å². The van der Waals surface area contributed by atoms with Gasteiger partial charge in [0.25, 0.3) is 0 Å². The van der Waals surface area contributed by atoms with Gasteiger partial charge in [-0.25, -0.2) is 26.3 Å². The van der Waals surface area contributed by atoms with Gasteiger partial charge in [-0.15, -0.1) is 0 Å². The van der Waals surface area contributed by atoms with Gasteiger partial charge in [0.1, 0.15) is 11.6 Å². The normalized spacial score (nSPS) is 11.5. The maximum absolute atomic E-state index is 15.2. The van der Waals surface area contributed by atoms with Crippen LogP contribution in [0.4, 0.5) is 35.1 Å². The molecule has 0 aromatic heterocycles. The number of methoxy groups -OCH3 is 1. The number of fused-ring (bicyclic) bond motifs is 2. The summed E-state index contributed by atoms with van der Waals surface area (Å²) in [6.07, 6.45) is 0. The SMILES string of the molecule is COc1c(F)c(F)c(-c2c3ccccc3c(-c3ccc(F)cc3F)c3cc(F)c(F)cc23)c(F)c1F. The van der Waals surface area contributed by atoms with Crippen LogP contribution >= 0.6 is 0 Å². The van der Waals surface area contributed by atoms with Gasteiger partial charge in [0, 0.05) is 22.8 Å². The second-order valence-electron chi connectivity index (χ2n) is 7.90. The first kappa shape index (κ1) is 23.6. The van der Waals surface area contributed by atoms with Crippen molar-refractivity contribution >= 4 is 21.5 Å². The summed E-state index contributed by atoms with van der Waals surface area (Å²) in [5.41, 5.74) is -1.95. The molecule has 182 valence electrons. The molecule has 0 saturated heterocycles. The van der Waals surface area contributed by atoms with Crippen LogP contribution in [0.15, 0.2) is 54.6 Å². The minimum Gasteiger partial charge on any atom is -0.491 e. The van der Waals surface area contributed by atoms with Crippen LogP contribution in [0.3, 0.4) is 0 Å². The predicted molar refractivity (Wildman–Crippen MR) is 119 cm³/mol. The van der Waals surface area contributed by atoms with Crippen LogP contribution in [0.25, 0.3) is 43.8 Å². The molecule has 0 saturated carbocycles. The molecule has 0 heterocycles. The molecule has 0 aliphatic heterocycles. The third-order valence-corrected chi connectivity index (χ3v) is 5.94. The van der Waals surface area contributed by atoms with E-state index in [4.69, 9.17) is 0 Å². The summed E-state index contributed by atoms with van der Waals surface area (Å²) in [5, 5.41) is -0.583. The number of halogens is 8. The Morgan fingerprint density at radius 3 is 1.56 bits per heavy atom. The Morgan fingerprint density at radius 1 is 0.500 bits per heavy atom. The van der Waals surface area contributed by atoms with Crippen molar-refractivity contribution in [3.8, 4) is 28.0 Å². The average molecular weight is 504 g/mol. The van der Waals surface area contributed by atoms with Crippen molar-refractivity contribution in [2.24, 2.45) is 0 Å². The highest BCUT2D eigenvalue weighted by Crippen LogP contribution is 2.47. The Kier molecular flexibility index (Phi) is 5.58. The maximum Gasteiger partial charge on any atom is 0.204 e. The number of hydrogen-bond acceptors (Lipinski definition) is 1. The largest absolute Gasteiger partial charge is 0.491 e. The molecule has 0 amide bonds. The van der Waals surface area contributed by atoms with Gasteiger partial charge in [0.2, 0.25) is 11.6 Å². The molecule has 5 rings (SSSR count). The lowest BCUT2D eigenvalue weighted by atomic mass is 9.85. The van der Waals surface area contributed by atoms with E-state index in [1.165, 1.54) is 24.3 Å². The minimum atomic E-state index is -1.83. The van der Waals surface area contributed by atoms with Gasteiger partial charge in [-0.05, 0) is 45.8 Å². The summed E-state index contributed by atoms with van der Waals surface area (Å²) >= 11 is 0. The first-order valence-electron chi connectivity index (χ1n) is 10.3. The van der Waals surface area contributed by atoms with Crippen molar-refractivity contribution < 1.29 is 39.9 Å². The molecule has 5 aromatic rings. The molecule has 0 bridgehead atoms. The second-order valence-corrected chi connectivity index (χ2v) is 7.90. The molecule has 5 aromatic carbocycles. The number of hydrogen-bond donors (Lipinski definition) is 0. The number of ether oxygens (including phenoxy) is 1. The van der Waals surface area contributed by atoms with E-state index in [1.807, 2.05) is 0 Å². The topological polar surface area (TPSA) is 9.23 Å². The van der Waals surface area contributed by atoms with Crippen molar-refractivity contribution in [1.82, 2.24) is 0 Å². The van der Waals surface area contributed by atoms with Gasteiger partial charge in [-0.1, -0.05) is 24.3 Å². The first-order chi connectivity index (χ1) is 17.1. The van der Waals surface area contributed by atoms with E-state index < -0.39 is 63.4 Å². The number of rotatable bonds is 3. The zero-order valence-electron chi connectivity index (χ0n) is 18.1. The number of benzene rings is 5. The van der Waals surface area contributed by atoms with E-state index in [-0.39, 0.29) is 32.7 Å². The van der Waals surface area contributed by atoms with Gasteiger partial charge in [0.15, 0.2) is 29.0 Å². The lowest BCUT2D eigenvalue weighted by Gasteiger charge is -2.19. The van der Waals surface area contributed by atoms with Crippen LogP contribution in [-0.4, -0.2) is 7.11 Å². The van der Waals surface area contributed by atoms with Crippen molar-refractivity contribution in [3.05, 3.63) is 101 Å². The molecule has 36 heavy (non-hydrogen) atoms. The average Bonchev–Trinajstić information content (AvgIpc) is 2.85. The van der Waals surface area contributed by atoms with E-state index in [2.05, 4.69) is 4.74 Å². The van der Waals surface area contributed by atoms with Crippen molar-refractivity contribution in [1.29, 1.82) is 0 Å². The molecule has 0 fully saturated rings. The van der Waals surface area contributed by atoms with E-state index in [9.17, 15) is 26.3 Å². The Hall–Kier alpha value is -4.14. The molecule has 0 spiro atoms. The third-order valence-electron chi connectivity index (χ3n) is 5.94. The van der Waals surface area contributed by atoms with Crippen LogP contribution in [0, 0.1) is 46.5 Å². The Bertz CT molecular complexity index is 1680. The van der Waals surface area contributed by atoms with Gasteiger partial charge in [-0.3, -0.25) is 0 Å². The van der Waals surface area contributed by atoms with Gasteiger partial charge in [-0.2, -0.15) is 8.78 Å². The van der Waals surface area contributed by atoms with Crippen molar-refractivity contribution in [3.63, 3.8) is 0 Å². The molecule has 1 nitrogen and oxygen atoms in total. The van der Waals surface area contributed by atoms with Crippen LogP contribution in [0.5, 0.6) is 5.75 Å². The third kappa shape index (κ3) is 3.37. The van der Waals surface area contributed by atoms with Crippen LogP contribution in [-0.2, 0) is 0 Å². The molecule has 0 aliphatic rings. The van der Waals surface area contributed by atoms with E-state index >= 15 is 8.78 Å². The molecule has 9 heteroatoms. The molecule has 0 unspecified atom stereocenters. The molecule has 0 radical (unpaired) electrons. The Labute approximate surface area is 198 Å². The summed E-state index contributed by atoms with van der Waals surface area (Å²) in [6.45, 7) is 0. The summed E-state index contributed by atoms with van der Waals surface area (Å²) in [4.78, 5) is 0. The van der Waals surface area contributed by atoms with E-state index in [0.717, 1.165) is 19.2 Å². The summed E-state index contributed by atoms with van der Waals surface area (Å²) in [5.74, 6) is -13.4. The van der Waals surface area contributed by atoms with E-state index in [0.29, 0.717) is 18.2 Å². The Balaban J connectivity index is 2.07. The smallest absolute Gasteiger partial charge is 0.204 e. The highest BCUT2D eigenvalue weighted by molar-refractivity contribution is 6.21. The summed E-state index contributed by atoms with van der Waals surface area (Å²) in [6, 6.07) is 9.47. The Morgan fingerprint density at radius 2 is 1.03 bits per heavy atom. The van der Waals surface area contributed by atoms with Gasteiger partial charge in [0.05, 0.1) is 12.7 Å². The highest BCUT2D eigenvalue weighted by Gasteiger charge is 2.30. The highest BCUT2D eigenvalue weighted by atomic mass is 19.2. The standard InChI is InChI=1S/C27H12F8O/c1-36-27-25(34)23(32)22(24(33)26(27)35)21-13-5-3-2-4-12(13)20(14-7-6-11(28)8-17(14)29)15-9-18(30)19(31)10-16(15)21/h2-10H,1H3. The zero-order chi connectivity index (χ0) is 25.9. The van der Waals surface area contributed by atoms with Crippen molar-refractivity contribution in [2.75, 3.05) is 7.11 Å². The van der Waals surface area contributed by atoms with Crippen LogP contribution < -0.4 is 4.74 Å². The minimum absolute atomic E-state index is 0.0454. The van der Waals surface area contributed by atoms with E-state index in [1.54, 1.807) is 0 Å². The molecule has 0 atom stereocenters. The first-order valence-corrected chi connectivity index (χ1v) is 10.3. The van der Waals surface area contributed by atoms with Crippen molar-refractivity contribution in [2.45, 2.75) is 0 Å². The second kappa shape index (κ2) is 8.51. The van der Waals surface area contributed by atoms with Crippen LogP contribution in [0.2, 0.25) is 0 Å². The fourth-order valence-electron chi connectivity index (χ4n) is 4.43. The molecule has 0 N–H and O–H groups in total. The van der Waals surface area contributed by atoms with Gasteiger partial charge < -0.3 is 4.74 Å². The summed E-state index contributed by atoms with van der Waals surface area (Å²) < 4.78 is 121. The molecule has 0 aliphatic carbocycles. The van der Waals surface area contributed by atoms with Crippen LogP contribution in [0.1, 0.15) is 0 Å². The quantitative estimate of drug-likeness (QED) is 0.136. The lowest BCUT2D eigenvalue weighted by Crippen LogP contribution is -2.05. The lowest BCUT2D eigenvalue weighted by molar-refractivity contribution is 0.334. The fourth-order valence-corrected chi connectivity index (χ4v) is 4.43. The monoisotopic (exact) mass is 504 g/mol. The molecular formula is C27H12F8O. The predicted octanol–water partition coefficient (Wildman–Crippen LogP) is 8.45. The molecular weight excluding hydrogens is 492 g/mol. The zero-order valence-corrected chi connectivity index (χ0v) is 18.1. The fraction of sp³-hybridized carbons (Fsp3) is 0.0370. The summed E-state index contributed by atoms with van der Waals surface area (Å²) in [7, 11) is 0.815. The maximum atomic E-state index is 15.2.